The highest BCUT2D eigenvalue weighted by atomic mass is 16.5. The third-order valence-electron chi connectivity index (χ3n) is 8.86. The van der Waals surface area contributed by atoms with Crippen molar-refractivity contribution in [1.29, 1.82) is 0 Å². The van der Waals surface area contributed by atoms with Gasteiger partial charge in [-0.1, -0.05) is 197 Å². The number of methoxy groups -OCH3 is 1. The predicted octanol–water partition coefficient (Wildman–Crippen LogP) is 13.1. The van der Waals surface area contributed by atoms with Crippen LogP contribution < -0.4 is 4.74 Å². The van der Waals surface area contributed by atoms with E-state index < -0.39 is 0 Å². The van der Waals surface area contributed by atoms with Crippen molar-refractivity contribution in [2.75, 3.05) is 7.11 Å². The highest BCUT2D eigenvalue weighted by Crippen LogP contribution is 2.31. The van der Waals surface area contributed by atoms with Gasteiger partial charge in [0.25, 0.3) is 0 Å². The van der Waals surface area contributed by atoms with E-state index in [-0.39, 0.29) is 0 Å². The Morgan fingerprint density at radius 3 is 1.33 bits per heavy atom. The maximum Gasteiger partial charge on any atom is 0.126 e. The van der Waals surface area contributed by atoms with Gasteiger partial charge in [0, 0.05) is 5.56 Å². The monoisotopic (exact) mass is 628 g/mol. The topological polar surface area (TPSA) is 9.23 Å². The fourth-order valence-electron chi connectivity index (χ4n) is 5.87. The minimum Gasteiger partial charge on any atom is -0.496 e. The second kappa shape index (κ2) is 18.3. The van der Waals surface area contributed by atoms with E-state index in [0.29, 0.717) is 5.92 Å². The van der Waals surface area contributed by atoms with Gasteiger partial charge < -0.3 is 4.74 Å². The van der Waals surface area contributed by atoms with Gasteiger partial charge in [-0.2, -0.15) is 0 Å². The van der Waals surface area contributed by atoms with Crippen LogP contribution in [0.3, 0.4) is 0 Å². The molecule has 0 fully saturated rings. The van der Waals surface area contributed by atoms with E-state index >= 15 is 0 Å². The van der Waals surface area contributed by atoms with E-state index in [1.807, 2.05) is 12.1 Å². The number of hydrogen-bond acceptors (Lipinski definition) is 1. The fraction of sp³-hybridized carbons (Fsp3) is 0.191. The van der Waals surface area contributed by atoms with Crippen LogP contribution in [0.1, 0.15) is 89.6 Å². The molecule has 0 amide bonds. The SMILES string of the molecule is CCCCC(CC)Cc1cc(/C=C/c2ccc(/C=C/c3ccccc3)cc2)c(OC)cc1/C=C/c1ccc(/C=C/c2ccccc2)cc1. The van der Waals surface area contributed by atoms with Crippen molar-refractivity contribution in [2.24, 2.45) is 5.92 Å². The van der Waals surface area contributed by atoms with Gasteiger partial charge in [-0.25, -0.2) is 0 Å². The summed E-state index contributed by atoms with van der Waals surface area (Å²) < 4.78 is 5.95. The van der Waals surface area contributed by atoms with Crippen molar-refractivity contribution in [3.8, 4) is 5.75 Å². The van der Waals surface area contributed by atoms with Crippen molar-refractivity contribution in [3.05, 3.63) is 171 Å². The van der Waals surface area contributed by atoms with Gasteiger partial charge in [0.05, 0.1) is 7.11 Å². The molecule has 0 aliphatic heterocycles. The quantitative estimate of drug-likeness (QED) is 0.105. The van der Waals surface area contributed by atoms with Crippen LogP contribution in [0.25, 0.3) is 48.6 Å². The summed E-state index contributed by atoms with van der Waals surface area (Å²) >= 11 is 0. The molecule has 0 radical (unpaired) electrons. The highest BCUT2D eigenvalue weighted by molar-refractivity contribution is 5.79. The zero-order chi connectivity index (χ0) is 33.4. The third-order valence-corrected chi connectivity index (χ3v) is 8.86. The number of ether oxygens (including phenoxy) is 1. The third kappa shape index (κ3) is 10.4. The maximum atomic E-state index is 5.95. The summed E-state index contributed by atoms with van der Waals surface area (Å²) in [5.41, 5.74) is 10.8. The molecular weight excluding hydrogens is 581 g/mol. The molecule has 242 valence electrons. The Morgan fingerprint density at radius 2 is 0.917 bits per heavy atom. The second-order valence-corrected chi connectivity index (χ2v) is 12.4. The van der Waals surface area contributed by atoms with Crippen molar-refractivity contribution in [3.63, 3.8) is 0 Å². The van der Waals surface area contributed by atoms with E-state index in [9.17, 15) is 0 Å². The molecule has 0 N–H and O–H groups in total. The Balaban J connectivity index is 1.36. The first-order valence-electron chi connectivity index (χ1n) is 17.4. The number of rotatable bonds is 15. The molecule has 0 bridgehead atoms. The molecule has 0 aromatic heterocycles. The standard InChI is InChI=1S/C47H48O/c1-4-6-13-37(5-2)34-46-35-45(33-31-43-28-24-41(25-29-43)21-19-39-16-11-8-12-17-39)47(48-3)36-44(46)32-30-42-26-22-40(23-27-42)20-18-38-14-9-7-10-15-38/h7-12,14-33,35-37H,4-6,13,34H2,1-3H3/b20-18+,21-19+,32-30+,33-31+. The van der Waals surface area contributed by atoms with Crippen LogP contribution in [0.5, 0.6) is 5.75 Å². The summed E-state index contributed by atoms with van der Waals surface area (Å²) in [6.45, 7) is 4.61. The highest BCUT2D eigenvalue weighted by Gasteiger charge is 2.13. The molecular formula is C47H48O. The summed E-state index contributed by atoms with van der Waals surface area (Å²) in [5.74, 6) is 1.55. The van der Waals surface area contributed by atoms with Crippen molar-refractivity contribution >= 4 is 48.6 Å². The Kier molecular flexibility index (Phi) is 13.0. The molecule has 1 nitrogen and oxygen atoms in total. The summed E-state index contributed by atoms with van der Waals surface area (Å²) in [7, 11) is 1.77. The van der Waals surface area contributed by atoms with Crippen LogP contribution in [0.2, 0.25) is 0 Å². The molecule has 0 spiro atoms. The van der Waals surface area contributed by atoms with Gasteiger partial charge in [0.1, 0.15) is 5.75 Å². The second-order valence-electron chi connectivity index (χ2n) is 12.4. The number of unbranched alkanes of at least 4 members (excludes halogenated alkanes) is 1. The van der Waals surface area contributed by atoms with Gasteiger partial charge in [-0.05, 0) is 69.0 Å². The first-order valence-corrected chi connectivity index (χ1v) is 17.4. The predicted molar refractivity (Wildman–Crippen MR) is 211 cm³/mol. The van der Waals surface area contributed by atoms with E-state index in [0.717, 1.165) is 23.3 Å². The Bertz CT molecular complexity index is 1810. The van der Waals surface area contributed by atoms with Crippen LogP contribution in [0, 0.1) is 5.92 Å². The number of benzene rings is 5. The first kappa shape index (κ1) is 34.2. The largest absolute Gasteiger partial charge is 0.496 e. The molecule has 0 heterocycles. The fourth-order valence-corrected chi connectivity index (χ4v) is 5.87. The van der Waals surface area contributed by atoms with E-state index in [2.05, 4.69) is 172 Å². The van der Waals surface area contributed by atoms with Crippen LogP contribution in [0.15, 0.2) is 121 Å². The van der Waals surface area contributed by atoms with Gasteiger partial charge >= 0.3 is 0 Å². The molecule has 0 aliphatic carbocycles. The van der Waals surface area contributed by atoms with Gasteiger partial charge in [0.2, 0.25) is 0 Å². The maximum absolute atomic E-state index is 5.95. The minimum atomic E-state index is 0.662. The van der Waals surface area contributed by atoms with Crippen LogP contribution in [-0.2, 0) is 6.42 Å². The lowest BCUT2D eigenvalue weighted by molar-refractivity contribution is 0.413. The van der Waals surface area contributed by atoms with Crippen LogP contribution in [0.4, 0.5) is 0 Å². The number of hydrogen-bond donors (Lipinski definition) is 0. The van der Waals surface area contributed by atoms with Crippen molar-refractivity contribution in [1.82, 2.24) is 0 Å². The van der Waals surface area contributed by atoms with E-state index in [1.54, 1.807) is 7.11 Å². The summed E-state index contributed by atoms with van der Waals surface area (Å²) in [6, 6.07) is 42.8. The zero-order valence-electron chi connectivity index (χ0n) is 28.7. The van der Waals surface area contributed by atoms with E-state index in [4.69, 9.17) is 4.74 Å². The Morgan fingerprint density at radius 1 is 0.500 bits per heavy atom. The van der Waals surface area contributed by atoms with Gasteiger partial charge in [0.15, 0.2) is 0 Å². The van der Waals surface area contributed by atoms with Gasteiger partial charge in [-0.15, -0.1) is 0 Å². The lowest BCUT2D eigenvalue weighted by atomic mass is 9.88. The molecule has 0 saturated carbocycles. The van der Waals surface area contributed by atoms with Crippen LogP contribution in [-0.4, -0.2) is 7.11 Å². The normalized spacial score (nSPS) is 12.5. The lowest BCUT2D eigenvalue weighted by Crippen LogP contribution is -2.06. The van der Waals surface area contributed by atoms with Gasteiger partial charge in [-0.3, -0.25) is 0 Å². The summed E-state index contributed by atoms with van der Waals surface area (Å²) in [4.78, 5) is 0. The molecule has 48 heavy (non-hydrogen) atoms. The van der Waals surface area contributed by atoms with Crippen LogP contribution >= 0.6 is 0 Å². The Hall–Kier alpha value is -5.14. The molecule has 1 unspecified atom stereocenters. The minimum absolute atomic E-state index is 0.662. The average Bonchev–Trinajstić information content (AvgIpc) is 3.15. The first-order chi connectivity index (χ1) is 23.6. The zero-order valence-corrected chi connectivity index (χ0v) is 28.7. The molecule has 1 heteroatoms. The molecule has 1 atom stereocenters. The lowest BCUT2D eigenvalue weighted by Gasteiger charge is -2.18. The van der Waals surface area contributed by atoms with E-state index in [1.165, 1.54) is 64.6 Å². The molecule has 0 aliphatic rings. The molecule has 5 rings (SSSR count). The Labute approximate surface area is 288 Å². The molecule has 0 saturated heterocycles. The van der Waals surface area contributed by atoms with Crippen molar-refractivity contribution in [2.45, 2.75) is 46.0 Å². The van der Waals surface area contributed by atoms with Crippen molar-refractivity contribution < 1.29 is 4.74 Å². The smallest absolute Gasteiger partial charge is 0.126 e. The summed E-state index contributed by atoms with van der Waals surface area (Å²) in [6.07, 6.45) is 23.5. The summed E-state index contributed by atoms with van der Waals surface area (Å²) in [5, 5.41) is 0. The molecule has 5 aromatic carbocycles. The molecule has 5 aromatic rings. The average molecular weight is 629 g/mol.